The van der Waals surface area contributed by atoms with E-state index in [-0.39, 0.29) is 0 Å². The van der Waals surface area contributed by atoms with Crippen LogP contribution in [0.3, 0.4) is 0 Å². The van der Waals surface area contributed by atoms with Crippen molar-refractivity contribution in [3.8, 4) is 0 Å². The summed E-state index contributed by atoms with van der Waals surface area (Å²) in [5.74, 6) is -2.37. The van der Waals surface area contributed by atoms with Gasteiger partial charge in [-0.2, -0.15) is 0 Å². The minimum Gasteiger partial charge on any atom is -0.394 e. The van der Waals surface area contributed by atoms with Crippen LogP contribution < -0.4 is 0 Å². The van der Waals surface area contributed by atoms with Crippen LogP contribution >= 0.6 is 0 Å². The molecule has 8 N–H and O–H groups in total. The van der Waals surface area contributed by atoms with Crippen molar-refractivity contribution >= 4 is 0 Å². The SMILES string of the molecule is OC[C@H]1O[C@H](OC[C@]2(O)O[C@H](CO)[C@@H](O)[C@@H]2O)[C@H](O)[C@@H](O)[C@H]1O. The van der Waals surface area contributed by atoms with E-state index in [4.69, 9.17) is 24.4 Å². The normalized spacial score (nSPS) is 51.1. The first kappa shape index (κ1) is 18.9. The second-order valence-corrected chi connectivity index (χ2v) is 5.63. The van der Waals surface area contributed by atoms with E-state index in [0.717, 1.165) is 0 Å². The van der Waals surface area contributed by atoms with Gasteiger partial charge in [-0.05, 0) is 0 Å². The van der Waals surface area contributed by atoms with Crippen molar-refractivity contribution in [3.63, 3.8) is 0 Å². The lowest BCUT2D eigenvalue weighted by atomic mass is 9.99. The van der Waals surface area contributed by atoms with Crippen molar-refractivity contribution in [2.24, 2.45) is 0 Å². The average Bonchev–Trinajstić information content (AvgIpc) is 2.76. The summed E-state index contributed by atoms with van der Waals surface area (Å²) in [4.78, 5) is 0. The van der Waals surface area contributed by atoms with Crippen LogP contribution in [-0.2, 0) is 14.2 Å². The lowest BCUT2D eigenvalue weighted by molar-refractivity contribution is -0.332. The highest BCUT2D eigenvalue weighted by Crippen LogP contribution is 2.31. The molecule has 2 rings (SSSR count). The molecular weight excluding hydrogens is 320 g/mol. The Balaban J connectivity index is 1.99. The number of rotatable bonds is 5. The maximum Gasteiger partial charge on any atom is 0.219 e. The fraction of sp³-hybridized carbons (Fsp3) is 1.00. The smallest absolute Gasteiger partial charge is 0.219 e. The zero-order valence-corrected chi connectivity index (χ0v) is 12.0. The lowest BCUT2D eigenvalue weighted by Crippen LogP contribution is -2.60. The van der Waals surface area contributed by atoms with Crippen LogP contribution in [0, 0.1) is 0 Å². The summed E-state index contributed by atoms with van der Waals surface area (Å²) in [6.45, 7) is -2.08. The largest absolute Gasteiger partial charge is 0.394 e. The molecule has 0 aromatic rings. The van der Waals surface area contributed by atoms with Crippen molar-refractivity contribution in [1.82, 2.24) is 0 Å². The van der Waals surface area contributed by atoms with Crippen molar-refractivity contribution < 1.29 is 55.1 Å². The standard InChI is InChI=1S/C12H22O11/c13-1-4-6(15)8(17)9(18)11(22-4)21-3-12(20)10(19)7(16)5(2-14)23-12/h4-11,13-20H,1-3H2/t4-,5-,6+,7-,8+,9-,10+,11+,12+/m1/s1. The highest BCUT2D eigenvalue weighted by molar-refractivity contribution is 4.96. The molecule has 0 saturated carbocycles. The van der Waals surface area contributed by atoms with Crippen molar-refractivity contribution in [1.29, 1.82) is 0 Å². The Hall–Kier alpha value is -0.440. The van der Waals surface area contributed by atoms with Crippen molar-refractivity contribution in [2.75, 3.05) is 19.8 Å². The Labute approximate surface area is 130 Å². The summed E-state index contributed by atoms with van der Waals surface area (Å²) >= 11 is 0. The highest BCUT2D eigenvalue weighted by Gasteiger charge is 2.54. The molecule has 0 aromatic carbocycles. The first-order valence-corrected chi connectivity index (χ1v) is 7.04. The molecule has 0 amide bonds. The van der Waals surface area contributed by atoms with Gasteiger partial charge in [0, 0.05) is 0 Å². The second kappa shape index (κ2) is 7.21. The Morgan fingerprint density at radius 2 is 1.43 bits per heavy atom. The van der Waals surface area contributed by atoms with E-state index >= 15 is 0 Å². The minimum atomic E-state index is -2.37. The molecule has 11 nitrogen and oxygen atoms in total. The zero-order chi connectivity index (χ0) is 17.4. The molecule has 2 aliphatic heterocycles. The van der Waals surface area contributed by atoms with Crippen LogP contribution in [-0.4, -0.2) is 115 Å². The van der Waals surface area contributed by atoms with E-state index in [9.17, 15) is 30.6 Å². The van der Waals surface area contributed by atoms with Gasteiger partial charge in [-0.15, -0.1) is 0 Å². The summed E-state index contributed by atoms with van der Waals surface area (Å²) < 4.78 is 15.1. The third-order valence-corrected chi connectivity index (χ3v) is 4.00. The molecule has 0 radical (unpaired) electrons. The topological polar surface area (TPSA) is 190 Å². The molecule has 23 heavy (non-hydrogen) atoms. The van der Waals surface area contributed by atoms with Crippen LogP contribution in [0.15, 0.2) is 0 Å². The Kier molecular flexibility index (Phi) is 5.92. The highest BCUT2D eigenvalue weighted by atomic mass is 16.7. The van der Waals surface area contributed by atoms with Gasteiger partial charge in [0.25, 0.3) is 0 Å². The predicted octanol–water partition coefficient (Wildman–Crippen LogP) is -5.40. The van der Waals surface area contributed by atoms with E-state index < -0.39 is 74.6 Å². The molecule has 9 atom stereocenters. The third-order valence-electron chi connectivity index (χ3n) is 4.00. The van der Waals surface area contributed by atoms with Gasteiger partial charge in [0.05, 0.1) is 13.2 Å². The molecule has 0 aliphatic carbocycles. The number of aliphatic hydroxyl groups excluding tert-OH is 7. The van der Waals surface area contributed by atoms with E-state index in [1.807, 2.05) is 0 Å². The fourth-order valence-electron chi connectivity index (χ4n) is 2.54. The summed E-state index contributed by atoms with van der Waals surface area (Å²) in [5, 5.41) is 76.5. The van der Waals surface area contributed by atoms with Crippen LogP contribution in [0.25, 0.3) is 0 Å². The van der Waals surface area contributed by atoms with Crippen molar-refractivity contribution in [3.05, 3.63) is 0 Å². The first-order valence-electron chi connectivity index (χ1n) is 7.04. The molecule has 136 valence electrons. The Morgan fingerprint density at radius 3 is 1.96 bits per heavy atom. The van der Waals surface area contributed by atoms with Gasteiger partial charge in [0.1, 0.15) is 49.3 Å². The van der Waals surface area contributed by atoms with Gasteiger partial charge in [-0.1, -0.05) is 0 Å². The average molecular weight is 342 g/mol. The molecule has 0 aromatic heterocycles. The molecule has 11 heteroatoms. The van der Waals surface area contributed by atoms with Gasteiger partial charge < -0.3 is 55.1 Å². The van der Waals surface area contributed by atoms with Crippen LogP contribution in [0.2, 0.25) is 0 Å². The molecular formula is C12H22O11. The first-order chi connectivity index (χ1) is 10.7. The zero-order valence-electron chi connectivity index (χ0n) is 12.0. The van der Waals surface area contributed by atoms with Gasteiger partial charge in [0.2, 0.25) is 5.79 Å². The van der Waals surface area contributed by atoms with E-state index in [0.29, 0.717) is 0 Å². The molecule has 2 heterocycles. The number of ether oxygens (including phenoxy) is 3. The molecule has 0 spiro atoms. The van der Waals surface area contributed by atoms with Crippen molar-refractivity contribution in [2.45, 2.75) is 54.8 Å². The molecule has 2 aliphatic rings. The van der Waals surface area contributed by atoms with Crippen LogP contribution in [0.1, 0.15) is 0 Å². The van der Waals surface area contributed by atoms with E-state index in [2.05, 4.69) is 0 Å². The lowest BCUT2D eigenvalue weighted by Gasteiger charge is -2.40. The van der Waals surface area contributed by atoms with Crippen LogP contribution in [0.4, 0.5) is 0 Å². The Morgan fingerprint density at radius 1 is 0.826 bits per heavy atom. The number of hydrogen-bond acceptors (Lipinski definition) is 11. The maximum atomic E-state index is 10.1. The number of aliphatic hydroxyl groups is 8. The predicted molar refractivity (Wildman–Crippen MR) is 68.6 cm³/mol. The summed E-state index contributed by atoms with van der Waals surface area (Å²) in [6, 6.07) is 0. The Bertz CT molecular complexity index is 393. The maximum absolute atomic E-state index is 10.1. The molecule has 0 bridgehead atoms. The van der Waals surface area contributed by atoms with Crippen LogP contribution in [0.5, 0.6) is 0 Å². The molecule has 0 unspecified atom stereocenters. The summed E-state index contributed by atoms with van der Waals surface area (Å²) in [5.41, 5.74) is 0. The molecule has 2 saturated heterocycles. The fourth-order valence-corrected chi connectivity index (χ4v) is 2.54. The summed E-state index contributed by atoms with van der Waals surface area (Å²) in [7, 11) is 0. The third kappa shape index (κ3) is 3.50. The monoisotopic (exact) mass is 342 g/mol. The van der Waals surface area contributed by atoms with Gasteiger partial charge in [-0.25, -0.2) is 0 Å². The van der Waals surface area contributed by atoms with Gasteiger partial charge in [0.15, 0.2) is 6.29 Å². The van der Waals surface area contributed by atoms with E-state index in [1.165, 1.54) is 0 Å². The molecule has 2 fully saturated rings. The second-order valence-electron chi connectivity index (χ2n) is 5.63. The number of hydrogen-bond donors (Lipinski definition) is 8. The minimum absolute atomic E-state index is 0.652. The quantitative estimate of drug-likeness (QED) is 0.238. The van der Waals surface area contributed by atoms with Gasteiger partial charge in [-0.3, -0.25) is 0 Å². The van der Waals surface area contributed by atoms with E-state index in [1.54, 1.807) is 0 Å². The summed E-state index contributed by atoms with van der Waals surface area (Å²) in [6.07, 6.45) is -12.2. The van der Waals surface area contributed by atoms with Gasteiger partial charge >= 0.3 is 0 Å².